The van der Waals surface area contributed by atoms with Crippen molar-refractivity contribution < 1.29 is 14.2 Å². The summed E-state index contributed by atoms with van der Waals surface area (Å²) in [6.07, 6.45) is 17.5. The molecule has 1 heterocycles. The van der Waals surface area contributed by atoms with Crippen LogP contribution in [0.2, 0.25) is 0 Å². The molecule has 0 amide bonds. The second kappa shape index (κ2) is 12.0. The highest BCUT2D eigenvalue weighted by atomic mass is 16.7. The van der Waals surface area contributed by atoms with Gasteiger partial charge >= 0.3 is 0 Å². The van der Waals surface area contributed by atoms with Crippen molar-refractivity contribution in [3.63, 3.8) is 0 Å². The molecular formula is C19H36O3. The average molecular weight is 312 g/mol. The zero-order valence-corrected chi connectivity index (χ0v) is 14.9. The largest absolute Gasteiger partial charge is 0.499 e. The number of allylic oxidation sites excluding steroid dienone is 1. The van der Waals surface area contributed by atoms with Gasteiger partial charge in [0.1, 0.15) is 12.7 Å². The minimum atomic E-state index is -0.450. The summed E-state index contributed by atoms with van der Waals surface area (Å²) in [4.78, 5) is 0. The molecule has 22 heavy (non-hydrogen) atoms. The number of unbranched alkanes of at least 4 members (excludes halogenated alkanes) is 9. The minimum Gasteiger partial charge on any atom is -0.499 e. The molecule has 0 aliphatic carbocycles. The standard InChI is InChI=1S/C19H36O3/c1-4-5-6-7-8-9-10-11-12-13-14-15-20-16-18-17-21-19(2,3)22-18/h14-15,18H,4-13,16-17H2,1-3H3/b15-14-. The first-order chi connectivity index (χ1) is 10.6. The molecular weight excluding hydrogens is 276 g/mol. The average Bonchev–Trinajstić information content (AvgIpc) is 2.83. The van der Waals surface area contributed by atoms with Gasteiger partial charge in [-0.3, -0.25) is 0 Å². The van der Waals surface area contributed by atoms with Crippen molar-refractivity contribution in [1.82, 2.24) is 0 Å². The maximum absolute atomic E-state index is 5.67. The second-order valence-electron chi connectivity index (χ2n) is 6.77. The van der Waals surface area contributed by atoms with E-state index in [0.29, 0.717) is 13.2 Å². The van der Waals surface area contributed by atoms with E-state index >= 15 is 0 Å². The van der Waals surface area contributed by atoms with E-state index in [1.165, 1.54) is 57.8 Å². The molecule has 1 unspecified atom stereocenters. The van der Waals surface area contributed by atoms with Gasteiger partial charge in [0.05, 0.1) is 12.9 Å². The Hall–Kier alpha value is -0.540. The fourth-order valence-electron chi connectivity index (χ4n) is 2.72. The summed E-state index contributed by atoms with van der Waals surface area (Å²) in [7, 11) is 0. The van der Waals surface area contributed by atoms with Gasteiger partial charge in [0, 0.05) is 0 Å². The minimum absolute atomic E-state index is 0.0624. The van der Waals surface area contributed by atoms with Crippen LogP contribution in [0.3, 0.4) is 0 Å². The maximum Gasteiger partial charge on any atom is 0.163 e. The van der Waals surface area contributed by atoms with E-state index in [0.717, 1.165) is 6.42 Å². The van der Waals surface area contributed by atoms with Gasteiger partial charge in [-0.2, -0.15) is 0 Å². The van der Waals surface area contributed by atoms with Crippen LogP contribution in [0.4, 0.5) is 0 Å². The van der Waals surface area contributed by atoms with E-state index in [4.69, 9.17) is 14.2 Å². The molecule has 3 heteroatoms. The van der Waals surface area contributed by atoms with E-state index < -0.39 is 5.79 Å². The Morgan fingerprint density at radius 1 is 1.00 bits per heavy atom. The van der Waals surface area contributed by atoms with Gasteiger partial charge in [0.2, 0.25) is 0 Å². The lowest BCUT2D eigenvalue weighted by atomic mass is 10.1. The molecule has 1 saturated heterocycles. The summed E-state index contributed by atoms with van der Waals surface area (Å²) in [5.74, 6) is -0.450. The molecule has 0 saturated carbocycles. The van der Waals surface area contributed by atoms with Gasteiger partial charge in [0.25, 0.3) is 0 Å². The predicted octanol–water partition coefficient (Wildman–Crippen LogP) is 5.59. The fourth-order valence-corrected chi connectivity index (χ4v) is 2.72. The first kappa shape index (κ1) is 19.5. The van der Waals surface area contributed by atoms with Crippen molar-refractivity contribution in [2.24, 2.45) is 0 Å². The number of hydrogen-bond donors (Lipinski definition) is 0. The highest BCUT2D eigenvalue weighted by Crippen LogP contribution is 2.22. The lowest BCUT2D eigenvalue weighted by Crippen LogP contribution is -2.23. The Kier molecular flexibility index (Phi) is 10.6. The van der Waals surface area contributed by atoms with Crippen LogP contribution < -0.4 is 0 Å². The van der Waals surface area contributed by atoms with E-state index in [1.807, 2.05) is 20.1 Å². The van der Waals surface area contributed by atoms with Gasteiger partial charge in [-0.05, 0) is 32.8 Å². The topological polar surface area (TPSA) is 27.7 Å². The summed E-state index contributed by atoms with van der Waals surface area (Å²) in [5.41, 5.74) is 0. The summed E-state index contributed by atoms with van der Waals surface area (Å²) in [6.45, 7) is 7.35. The molecule has 1 atom stereocenters. The Balaban J connectivity index is 1.81. The van der Waals surface area contributed by atoms with Crippen LogP contribution >= 0.6 is 0 Å². The third-order valence-corrected chi connectivity index (χ3v) is 4.02. The van der Waals surface area contributed by atoms with Crippen molar-refractivity contribution in [3.8, 4) is 0 Å². The first-order valence-electron chi connectivity index (χ1n) is 9.22. The van der Waals surface area contributed by atoms with Crippen LogP contribution in [0.25, 0.3) is 0 Å². The van der Waals surface area contributed by atoms with Gasteiger partial charge in [-0.25, -0.2) is 0 Å². The van der Waals surface area contributed by atoms with Gasteiger partial charge in [-0.1, -0.05) is 58.3 Å². The van der Waals surface area contributed by atoms with Gasteiger partial charge < -0.3 is 14.2 Å². The van der Waals surface area contributed by atoms with E-state index in [2.05, 4.69) is 13.0 Å². The van der Waals surface area contributed by atoms with Crippen molar-refractivity contribution in [2.75, 3.05) is 13.2 Å². The molecule has 0 aromatic rings. The monoisotopic (exact) mass is 312 g/mol. The van der Waals surface area contributed by atoms with Gasteiger partial charge in [0.15, 0.2) is 5.79 Å². The number of ether oxygens (including phenoxy) is 3. The van der Waals surface area contributed by atoms with Crippen LogP contribution in [0.5, 0.6) is 0 Å². The molecule has 0 aromatic heterocycles. The molecule has 1 fully saturated rings. The van der Waals surface area contributed by atoms with Crippen LogP contribution in [0, 0.1) is 0 Å². The summed E-state index contributed by atoms with van der Waals surface area (Å²) < 4.78 is 16.7. The van der Waals surface area contributed by atoms with Crippen molar-refractivity contribution in [1.29, 1.82) is 0 Å². The first-order valence-corrected chi connectivity index (χ1v) is 9.22. The van der Waals surface area contributed by atoms with Crippen molar-refractivity contribution in [2.45, 2.75) is 96.9 Å². The van der Waals surface area contributed by atoms with Crippen LogP contribution in [0.1, 0.15) is 85.0 Å². The van der Waals surface area contributed by atoms with E-state index in [9.17, 15) is 0 Å². The molecule has 0 aromatic carbocycles. The Bertz CT molecular complexity index is 286. The summed E-state index contributed by atoms with van der Waals surface area (Å²) >= 11 is 0. The maximum atomic E-state index is 5.67. The Labute approximate surface area is 137 Å². The predicted molar refractivity (Wildman–Crippen MR) is 91.8 cm³/mol. The normalized spacial score (nSPS) is 20.8. The lowest BCUT2D eigenvalue weighted by Gasteiger charge is -2.16. The highest BCUT2D eigenvalue weighted by molar-refractivity contribution is 4.76. The molecule has 0 spiro atoms. The lowest BCUT2D eigenvalue weighted by molar-refractivity contribution is -0.142. The summed E-state index contributed by atoms with van der Waals surface area (Å²) in [5, 5.41) is 0. The smallest absolute Gasteiger partial charge is 0.163 e. The van der Waals surface area contributed by atoms with Crippen LogP contribution in [0.15, 0.2) is 12.3 Å². The van der Waals surface area contributed by atoms with E-state index in [1.54, 1.807) is 0 Å². The molecule has 1 aliphatic rings. The highest BCUT2D eigenvalue weighted by Gasteiger charge is 2.32. The molecule has 0 bridgehead atoms. The van der Waals surface area contributed by atoms with Crippen LogP contribution in [-0.2, 0) is 14.2 Å². The third kappa shape index (κ3) is 10.2. The second-order valence-corrected chi connectivity index (χ2v) is 6.77. The quantitative estimate of drug-likeness (QED) is 0.328. The Morgan fingerprint density at radius 2 is 1.64 bits per heavy atom. The van der Waals surface area contributed by atoms with Crippen molar-refractivity contribution >= 4 is 0 Å². The van der Waals surface area contributed by atoms with Crippen molar-refractivity contribution in [3.05, 3.63) is 12.3 Å². The molecule has 1 aliphatic heterocycles. The van der Waals surface area contributed by atoms with Crippen LogP contribution in [-0.4, -0.2) is 25.1 Å². The fraction of sp³-hybridized carbons (Fsp3) is 0.895. The molecule has 0 N–H and O–H groups in total. The third-order valence-electron chi connectivity index (χ3n) is 4.02. The number of hydrogen-bond acceptors (Lipinski definition) is 3. The summed E-state index contributed by atoms with van der Waals surface area (Å²) in [6, 6.07) is 0. The van der Waals surface area contributed by atoms with Gasteiger partial charge in [-0.15, -0.1) is 0 Å². The zero-order chi connectivity index (χ0) is 16.1. The Morgan fingerprint density at radius 3 is 2.23 bits per heavy atom. The number of rotatable bonds is 13. The van der Waals surface area contributed by atoms with E-state index in [-0.39, 0.29) is 6.10 Å². The molecule has 130 valence electrons. The molecule has 0 radical (unpaired) electrons. The SMILES string of the molecule is CCCCCCCCCCC/C=C\OCC1COC(C)(C)O1. The molecule has 3 nitrogen and oxygen atoms in total. The zero-order valence-electron chi connectivity index (χ0n) is 14.9. The molecule has 1 rings (SSSR count).